The number of aromatic nitrogens is 4. The second kappa shape index (κ2) is 12.1. The molecule has 0 radical (unpaired) electrons. The molecule has 0 aliphatic carbocycles. The van der Waals surface area contributed by atoms with Crippen LogP contribution < -0.4 is 4.90 Å². The molecular formula is C45H29N5S. The molecule has 1 aliphatic heterocycles. The van der Waals surface area contributed by atoms with Gasteiger partial charge in [0, 0.05) is 48.6 Å². The number of fused-ring (bicyclic) bond motifs is 5. The lowest BCUT2D eigenvalue weighted by Gasteiger charge is -2.33. The lowest BCUT2D eigenvalue weighted by atomic mass is 10.1. The van der Waals surface area contributed by atoms with Crippen LogP contribution in [0.5, 0.6) is 0 Å². The van der Waals surface area contributed by atoms with Crippen molar-refractivity contribution in [3.63, 3.8) is 0 Å². The van der Waals surface area contributed by atoms with Gasteiger partial charge in [0.15, 0.2) is 17.5 Å². The van der Waals surface area contributed by atoms with Crippen LogP contribution in [0.4, 0.5) is 17.1 Å². The SMILES string of the molecule is c1ccc(-c2nc(-c3ccccc3)nc(-c3ccc(-n4c5ccccc5c5cc6c(cc54)Sc4ccccc4N6c4ccccc4)cc3)n2)cc1. The minimum atomic E-state index is 0.640. The number of para-hydroxylation sites is 3. The summed E-state index contributed by atoms with van der Waals surface area (Å²) >= 11 is 1.83. The van der Waals surface area contributed by atoms with Crippen LogP contribution in [0.1, 0.15) is 0 Å². The average Bonchev–Trinajstić information content (AvgIpc) is 3.53. The third-order valence-electron chi connectivity index (χ3n) is 9.42. The number of hydrogen-bond acceptors (Lipinski definition) is 5. The van der Waals surface area contributed by atoms with E-state index in [0.717, 1.165) is 33.6 Å². The largest absolute Gasteiger partial charge is 0.309 e. The first-order valence-electron chi connectivity index (χ1n) is 17.0. The quantitative estimate of drug-likeness (QED) is 0.182. The highest BCUT2D eigenvalue weighted by Gasteiger charge is 2.27. The van der Waals surface area contributed by atoms with Crippen LogP contribution in [0, 0.1) is 0 Å². The molecule has 0 amide bonds. The van der Waals surface area contributed by atoms with Gasteiger partial charge in [-0.25, -0.2) is 15.0 Å². The van der Waals surface area contributed by atoms with Gasteiger partial charge in [-0.05, 0) is 66.7 Å². The van der Waals surface area contributed by atoms with Crippen LogP contribution >= 0.6 is 11.8 Å². The number of benzene rings is 7. The summed E-state index contributed by atoms with van der Waals surface area (Å²) in [4.78, 5) is 19.6. The highest BCUT2D eigenvalue weighted by Crippen LogP contribution is 2.53. The predicted octanol–water partition coefficient (Wildman–Crippen LogP) is 11.9. The fourth-order valence-electron chi connectivity index (χ4n) is 7.05. The van der Waals surface area contributed by atoms with E-state index in [1.807, 2.05) is 72.4 Å². The lowest BCUT2D eigenvalue weighted by Crippen LogP contribution is -2.14. The van der Waals surface area contributed by atoms with Crippen LogP contribution in [-0.2, 0) is 0 Å². The first kappa shape index (κ1) is 29.4. The number of hydrogen-bond donors (Lipinski definition) is 0. The van der Waals surface area contributed by atoms with Crippen LogP contribution in [0.3, 0.4) is 0 Å². The van der Waals surface area contributed by atoms with E-state index in [1.54, 1.807) is 0 Å². The van der Waals surface area contributed by atoms with Gasteiger partial charge in [0.05, 0.1) is 22.4 Å². The Morgan fingerprint density at radius 1 is 0.373 bits per heavy atom. The van der Waals surface area contributed by atoms with E-state index in [4.69, 9.17) is 15.0 Å². The van der Waals surface area contributed by atoms with Crippen molar-refractivity contribution < 1.29 is 0 Å². The highest BCUT2D eigenvalue weighted by atomic mass is 32.2. The van der Waals surface area contributed by atoms with Gasteiger partial charge in [-0.2, -0.15) is 0 Å². The van der Waals surface area contributed by atoms with Crippen LogP contribution in [0.25, 0.3) is 61.7 Å². The van der Waals surface area contributed by atoms with Crippen molar-refractivity contribution in [3.05, 3.63) is 176 Å². The van der Waals surface area contributed by atoms with Crippen molar-refractivity contribution in [2.45, 2.75) is 9.79 Å². The summed E-state index contributed by atoms with van der Waals surface area (Å²) in [6.45, 7) is 0. The summed E-state index contributed by atoms with van der Waals surface area (Å²) in [6, 6.07) is 61.5. The van der Waals surface area contributed by atoms with Crippen LogP contribution in [0.15, 0.2) is 186 Å². The Bertz CT molecular complexity index is 2650. The standard InChI is InChI=1S/C45H29N5S/c1-4-14-30(15-5-1)43-46-44(31-16-6-2-7-17-31)48-45(47-43)32-24-26-34(27-25-32)49-37-21-11-10-20-35(37)36-28-40-42(29-39(36)49)51-41-23-13-12-22-38(41)50(40)33-18-8-3-9-19-33/h1-29H. The number of nitrogens with zero attached hydrogens (tertiary/aromatic N) is 5. The van der Waals surface area contributed by atoms with E-state index in [9.17, 15) is 0 Å². The maximum atomic E-state index is 4.95. The van der Waals surface area contributed by atoms with Crippen molar-refractivity contribution in [1.82, 2.24) is 19.5 Å². The lowest BCUT2D eigenvalue weighted by molar-refractivity contribution is 1.07. The Morgan fingerprint density at radius 3 is 1.59 bits per heavy atom. The fraction of sp³-hybridized carbons (Fsp3) is 0. The normalized spacial score (nSPS) is 12.2. The molecule has 9 aromatic rings. The molecule has 0 spiro atoms. The minimum Gasteiger partial charge on any atom is -0.309 e. The summed E-state index contributed by atoms with van der Waals surface area (Å²) < 4.78 is 2.38. The fourth-order valence-corrected chi connectivity index (χ4v) is 8.12. The Morgan fingerprint density at radius 2 is 0.922 bits per heavy atom. The molecule has 0 unspecified atom stereocenters. The van der Waals surface area contributed by atoms with Gasteiger partial charge in [-0.15, -0.1) is 0 Å². The monoisotopic (exact) mass is 671 g/mol. The molecule has 0 atom stereocenters. The molecule has 3 heterocycles. The molecule has 0 saturated carbocycles. The topological polar surface area (TPSA) is 46.8 Å². The zero-order chi connectivity index (χ0) is 33.7. The van der Waals surface area contributed by atoms with Crippen molar-refractivity contribution >= 4 is 50.6 Å². The Labute approximate surface area is 299 Å². The molecule has 2 aromatic heterocycles. The van der Waals surface area contributed by atoms with Gasteiger partial charge in [0.1, 0.15) is 0 Å². The number of anilines is 3. The maximum Gasteiger partial charge on any atom is 0.164 e. The highest BCUT2D eigenvalue weighted by molar-refractivity contribution is 7.99. The molecule has 0 bridgehead atoms. The van der Waals surface area contributed by atoms with Crippen molar-refractivity contribution in [1.29, 1.82) is 0 Å². The Balaban J connectivity index is 1.12. The Hall–Kier alpha value is -6.50. The van der Waals surface area contributed by atoms with Gasteiger partial charge >= 0.3 is 0 Å². The molecule has 0 saturated heterocycles. The molecule has 10 rings (SSSR count). The van der Waals surface area contributed by atoms with E-state index in [0.29, 0.717) is 17.5 Å². The van der Waals surface area contributed by atoms with Crippen LogP contribution in [-0.4, -0.2) is 19.5 Å². The average molecular weight is 672 g/mol. The summed E-state index contributed by atoms with van der Waals surface area (Å²) in [5, 5.41) is 2.43. The third-order valence-corrected chi connectivity index (χ3v) is 10.5. The molecule has 240 valence electrons. The van der Waals surface area contributed by atoms with Crippen LogP contribution in [0.2, 0.25) is 0 Å². The van der Waals surface area contributed by atoms with E-state index < -0.39 is 0 Å². The maximum absolute atomic E-state index is 4.95. The molecule has 0 N–H and O–H groups in total. The van der Waals surface area contributed by atoms with Gasteiger partial charge in [-0.1, -0.05) is 121 Å². The zero-order valence-corrected chi connectivity index (χ0v) is 28.2. The van der Waals surface area contributed by atoms with Gasteiger partial charge in [0.2, 0.25) is 0 Å². The van der Waals surface area contributed by atoms with Crippen molar-refractivity contribution in [3.8, 4) is 39.9 Å². The second-order valence-corrected chi connectivity index (χ2v) is 13.6. The van der Waals surface area contributed by atoms with Crippen molar-refractivity contribution in [2.75, 3.05) is 4.90 Å². The summed E-state index contributed by atoms with van der Waals surface area (Å²) in [5.74, 6) is 1.94. The molecule has 7 aromatic carbocycles. The first-order valence-corrected chi connectivity index (χ1v) is 17.8. The summed E-state index contributed by atoms with van der Waals surface area (Å²) in [7, 11) is 0. The molecule has 5 nitrogen and oxygen atoms in total. The minimum absolute atomic E-state index is 0.640. The first-order chi connectivity index (χ1) is 25.3. The summed E-state index contributed by atoms with van der Waals surface area (Å²) in [5.41, 5.74) is 9.78. The van der Waals surface area contributed by atoms with Crippen molar-refractivity contribution in [2.24, 2.45) is 0 Å². The van der Waals surface area contributed by atoms with E-state index in [-0.39, 0.29) is 0 Å². The van der Waals surface area contributed by atoms with Gasteiger partial charge in [-0.3, -0.25) is 0 Å². The predicted molar refractivity (Wildman–Crippen MR) is 209 cm³/mol. The molecule has 6 heteroatoms. The van der Waals surface area contributed by atoms with E-state index in [2.05, 4.69) is 125 Å². The molecule has 51 heavy (non-hydrogen) atoms. The zero-order valence-electron chi connectivity index (χ0n) is 27.4. The van der Waals surface area contributed by atoms with Gasteiger partial charge < -0.3 is 9.47 Å². The van der Waals surface area contributed by atoms with E-state index >= 15 is 0 Å². The van der Waals surface area contributed by atoms with Gasteiger partial charge in [0.25, 0.3) is 0 Å². The van der Waals surface area contributed by atoms with E-state index in [1.165, 1.54) is 37.5 Å². The molecule has 1 aliphatic rings. The third kappa shape index (κ3) is 5.07. The summed E-state index contributed by atoms with van der Waals surface area (Å²) in [6.07, 6.45) is 0. The Kier molecular flexibility index (Phi) is 6.99. The second-order valence-electron chi connectivity index (χ2n) is 12.5. The smallest absolute Gasteiger partial charge is 0.164 e. The molecular weight excluding hydrogens is 643 g/mol. The number of rotatable bonds is 5. The molecule has 0 fully saturated rings.